The van der Waals surface area contributed by atoms with Crippen molar-refractivity contribution in [1.82, 2.24) is 29.4 Å². The molecule has 1 amide bonds. The summed E-state index contributed by atoms with van der Waals surface area (Å²) in [6, 6.07) is 15.6. The highest BCUT2D eigenvalue weighted by Gasteiger charge is 2.27. The number of hydrogen-bond donors (Lipinski definition) is 1. The molecule has 0 saturated carbocycles. The van der Waals surface area contributed by atoms with Gasteiger partial charge in [-0.1, -0.05) is 42.1 Å². The third-order valence-corrected chi connectivity index (χ3v) is 7.51. The highest BCUT2D eigenvalue weighted by molar-refractivity contribution is 7.99. The summed E-state index contributed by atoms with van der Waals surface area (Å²) in [5.74, 6) is 0.143. The van der Waals surface area contributed by atoms with Gasteiger partial charge in [0.05, 0.1) is 11.4 Å². The number of sulfonamides is 1. The fourth-order valence-electron chi connectivity index (χ4n) is 3.25. The lowest BCUT2D eigenvalue weighted by atomic mass is 10.2. The predicted octanol–water partition coefficient (Wildman–Crippen LogP) is 1.60. The van der Waals surface area contributed by atoms with Crippen molar-refractivity contribution in [1.29, 1.82) is 0 Å². The van der Waals surface area contributed by atoms with Crippen LogP contribution in [-0.2, 0) is 14.8 Å². The lowest BCUT2D eigenvalue weighted by Gasteiger charge is -2.33. The molecule has 0 bridgehead atoms. The van der Waals surface area contributed by atoms with Gasteiger partial charge in [0.2, 0.25) is 21.1 Å². The average molecular weight is 487 g/mol. The zero-order valence-electron chi connectivity index (χ0n) is 17.6. The van der Waals surface area contributed by atoms with Gasteiger partial charge in [0.25, 0.3) is 0 Å². The van der Waals surface area contributed by atoms with E-state index in [1.807, 2.05) is 30.3 Å². The summed E-state index contributed by atoms with van der Waals surface area (Å²) in [5.41, 5.74) is 1.47. The predicted molar refractivity (Wildman–Crippen MR) is 124 cm³/mol. The summed E-state index contributed by atoms with van der Waals surface area (Å²) < 4.78 is 28.1. The quantitative estimate of drug-likeness (QED) is 0.500. The number of aromatic hydroxyl groups is 1. The highest BCUT2D eigenvalue weighted by atomic mass is 32.2. The number of phenolic OH excluding ortho intramolecular Hbond substituents is 1. The maximum absolute atomic E-state index is 12.7. The van der Waals surface area contributed by atoms with Crippen molar-refractivity contribution in [3.8, 4) is 11.4 Å². The molecular weight excluding hydrogens is 464 g/mol. The van der Waals surface area contributed by atoms with Crippen molar-refractivity contribution in [2.75, 3.05) is 31.9 Å². The van der Waals surface area contributed by atoms with Crippen LogP contribution in [0.25, 0.3) is 11.8 Å². The van der Waals surface area contributed by atoms with Gasteiger partial charge in [-0.2, -0.15) is 8.99 Å². The van der Waals surface area contributed by atoms with Crippen LogP contribution in [0.5, 0.6) is 5.75 Å². The maximum atomic E-state index is 12.7. The summed E-state index contributed by atoms with van der Waals surface area (Å²) >= 11 is 1.20. The van der Waals surface area contributed by atoms with E-state index >= 15 is 0 Å². The molecule has 10 nitrogen and oxygen atoms in total. The standard InChI is InChI=1S/C21H22N6O4S2/c28-19-8-6-18(7-9-19)27-21(22-23-24-27)32-16-20(29)25-11-13-26(14-12-25)33(30,31)15-10-17-4-2-1-3-5-17/h1-10,15,28H,11-14,16H2. The Morgan fingerprint density at radius 2 is 1.73 bits per heavy atom. The van der Waals surface area contributed by atoms with Crippen molar-refractivity contribution in [2.24, 2.45) is 0 Å². The Hall–Kier alpha value is -3.22. The maximum Gasteiger partial charge on any atom is 0.236 e. The third kappa shape index (κ3) is 5.78. The van der Waals surface area contributed by atoms with E-state index in [1.165, 1.54) is 38.3 Å². The van der Waals surface area contributed by atoms with Crippen LogP contribution in [0.3, 0.4) is 0 Å². The number of aromatic nitrogens is 4. The number of amides is 1. The molecule has 0 radical (unpaired) electrons. The minimum Gasteiger partial charge on any atom is -0.508 e. The highest BCUT2D eigenvalue weighted by Crippen LogP contribution is 2.21. The molecule has 0 aliphatic carbocycles. The number of rotatable bonds is 7. The number of thioether (sulfide) groups is 1. The molecule has 33 heavy (non-hydrogen) atoms. The van der Waals surface area contributed by atoms with Gasteiger partial charge in [-0.3, -0.25) is 4.79 Å². The molecule has 1 aliphatic rings. The molecule has 1 saturated heterocycles. The molecule has 0 unspecified atom stereocenters. The third-order valence-electron chi connectivity index (χ3n) is 5.04. The van der Waals surface area contributed by atoms with Gasteiger partial charge in [0, 0.05) is 31.6 Å². The van der Waals surface area contributed by atoms with Gasteiger partial charge >= 0.3 is 0 Å². The molecule has 1 aromatic heterocycles. The molecule has 2 heterocycles. The number of carbonyl (C=O) groups is 1. The van der Waals surface area contributed by atoms with E-state index in [4.69, 9.17) is 0 Å². The number of piperazine rings is 1. The second-order valence-electron chi connectivity index (χ2n) is 7.22. The normalized spacial score (nSPS) is 15.2. The van der Waals surface area contributed by atoms with Crippen LogP contribution in [0.15, 0.2) is 65.2 Å². The summed E-state index contributed by atoms with van der Waals surface area (Å²) in [6.45, 7) is 1.12. The van der Waals surface area contributed by atoms with Crippen LogP contribution in [0.1, 0.15) is 5.56 Å². The molecule has 172 valence electrons. The topological polar surface area (TPSA) is 122 Å². The lowest BCUT2D eigenvalue weighted by Crippen LogP contribution is -2.50. The Labute approximate surface area is 195 Å². The molecule has 3 aromatic rings. The Morgan fingerprint density at radius 3 is 2.42 bits per heavy atom. The number of benzene rings is 2. The van der Waals surface area contributed by atoms with Crippen LogP contribution in [-0.4, -0.2) is 80.8 Å². The zero-order valence-corrected chi connectivity index (χ0v) is 19.2. The van der Waals surface area contributed by atoms with Crippen molar-refractivity contribution >= 4 is 33.8 Å². The van der Waals surface area contributed by atoms with Crippen LogP contribution in [0, 0.1) is 0 Å². The van der Waals surface area contributed by atoms with Crippen molar-refractivity contribution in [2.45, 2.75) is 5.16 Å². The number of tetrazole rings is 1. The van der Waals surface area contributed by atoms with E-state index < -0.39 is 10.0 Å². The number of carbonyl (C=O) groups excluding carboxylic acids is 1. The molecule has 0 atom stereocenters. The zero-order chi connectivity index (χ0) is 23.3. The molecule has 12 heteroatoms. The van der Waals surface area contributed by atoms with Gasteiger partial charge in [-0.05, 0) is 46.3 Å². The van der Waals surface area contributed by atoms with E-state index in [0.717, 1.165) is 5.56 Å². The Morgan fingerprint density at radius 1 is 1.03 bits per heavy atom. The van der Waals surface area contributed by atoms with Crippen molar-refractivity contribution in [3.05, 3.63) is 65.6 Å². The first-order valence-corrected chi connectivity index (χ1v) is 12.6. The van der Waals surface area contributed by atoms with Gasteiger partial charge in [0.1, 0.15) is 5.75 Å². The number of nitrogens with zero attached hydrogens (tertiary/aromatic N) is 6. The van der Waals surface area contributed by atoms with E-state index in [9.17, 15) is 18.3 Å². The Bertz CT molecular complexity index is 1220. The van der Waals surface area contributed by atoms with Gasteiger partial charge < -0.3 is 10.0 Å². The van der Waals surface area contributed by atoms with E-state index in [2.05, 4.69) is 15.5 Å². The molecule has 0 spiro atoms. The van der Waals surface area contributed by atoms with Gasteiger partial charge in [-0.25, -0.2) is 8.42 Å². The van der Waals surface area contributed by atoms with E-state index in [1.54, 1.807) is 23.1 Å². The SMILES string of the molecule is O=C(CSc1nnnn1-c1ccc(O)cc1)N1CCN(S(=O)(=O)C=Cc2ccccc2)CC1. The molecule has 1 aliphatic heterocycles. The smallest absolute Gasteiger partial charge is 0.236 e. The number of hydrogen-bond acceptors (Lipinski definition) is 8. The molecule has 1 N–H and O–H groups in total. The fourth-order valence-corrected chi connectivity index (χ4v) is 5.22. The van der Waals surface area contributed by atoms with Crippen LogP contribution in [0.2, 0.25) is 0 Å². The van der Waals surface area contributed by atoms with E-state index in [-0.39, 0.29) is 30.5 Å². The first-order valence-electron chi connectivity index (χ1n) is 10.1. The monoisotopic (exact) mass is 486 g/mol. The van der Waals surface area contributed by atoms with E-state index in [0.29, 0.717) is 23.9 Å². The second-order valence-corrected chi connectivity index (χ2v) is 9.98. The molecule has 2 aromatic carbocycles. The minimum atomic E-state index is -3.56. The fraction of sp³-hybridized carbons (Fsp3) is 0.238. The van der Waals surface area contributed by atoms with Gasteiger partial charge in [-0.15, -0.1) is 5.10 Å². The Balaban J connectivity index is 1.30. The summed E-state index contributed by atoms with van der Waals surface area (Å²) in [5, 5.41) is 22.6. The number of phenols is 1. The largest absolute Gasteiger partial charge is 0.508 e. The minimum absolute atomic E-state index is 0.114. The summed E-state index contributed by atoms with van der Waals surface area (Å²) in [7, 11) is -3.56. The second kappa shape index (κ2) is 10.1. The lowest BCUT2D eigenvalue weighted by molar-refractivity contribution is -0.129. The summed E-state index contributed by atoms with van der Waals surface area (Å²) in [6.07, 6.45) is 1.57. The Kier molecular flexibility index (Phi) is 7.06. The van der Waals surface area contributed by atoms with Crippen LogP contribution >= 0.6 is 11.8 Å². The van der Waals surface area contributed by atoms with Gasteiger partial charge in [0.15, 0.2) is 0 Å². The molecule has 1 fully saturated rings. The van der Waals surface area contributed by atoms with Crippen LogP contribution < -0.4 is 0 Å². The summed E-state index contributed by atoms with van der Waals surface area (Å²) in [4.78, 5) is 14.3. The average Bonchev–Trinajstić information content (AvgIpc) is 3.31. The van der Waals surface area contributed by atoms with Crippen molar-refractivity contribution in [3.63, 3.8) is 0 Å². The first kappa shape index (κ1) is 23.0. The molecule has 4 rings (SSSR count). The van der Waals surface area contributed by atoms with Crippen molar-refractivity contribution < 1.29 is 18.3 Å². The first-order chi connectivity index (χ1) is 15.9. The molecular formula is C21H22N6O4S2. The van der Waals surface area contributed by atoms with Crippen LogP contribution in [0.4, 0.5) is 0 Å².